The van der Waals surface area contributed by atoms with Gasteiger partial charge in [0.05, 0.1) is 10.6 Å². The van der Waals surface area contributed by atoms with E-state index in [-0.39, 0.29) is 16.2 Å². The first-order chi connectivity index (χ1) is 17.4. The highest BCUT2D eigenvalue weighted by atomic mass is 16.6. The van der Waals surface area contributed by atoms with Gasteiger partial charge in [-0.2, -0.15) is 5.26 Å². The molecule has 1 aromatic heterocycles. The molecular formula is C28H29N5O3. The number of carbonyl (C=O) groups is 1. The van der Waals surface area contributed by atoms with E-state index in [2.05, 4.69) is 10.2 Å². The zero-order valence-electron chi connectivity index (χ0n) is 20.5. The van der Waals surface area contributed by atoms with Crippen LogP contribution in [0.15, 0.2) is 60.2 Å². The Morgan fingerprint density at radius 3 is 2.50 bits per heavy atom. The predicted molar refractivity (Wildman–Crippen MR) is 140 cm³/mol. The zero-order valence-corrected chi connectivity index (χ0v) is 20.5. The lowest BCUT2D eigenvalue weighted by molar-refractivity contribution is -0.384. The Labute approximate surface area is 210 Å². The molecule has 0 spiro atoms. The molecule has 0 bridgehead atoms. The Morgan fingerprint density at radius 2 is 1.83 bits per heavy atom. The highest BCUT2D eigenvalue weighted by Crippen LogP contribution is 2.34. The van der Waals surface area contributed by atoms with Gasteiger partial charge < -0.3 is 14.8 Å². The van der Waals surface area contributed by atoms with Gasteiger partial charge in [0, 0.05) is 37.1 Å². The summed E-state index contributed by atoms with van der Waals surface area (Å²) in [6, 6.07) is 18.7. The third-order valence-corrected chi connectivity index (χ3v) is 6.54. The summed E-state index contributed by atoms with van der Waals surface area (Å²) in [5, 5.41) is 24.3. The molecule has 2 aromatic carbocycles. The first-order valence-electron chi connectivity index (χ1n) is 12.1. The minimum atomic E-state index is -0.451. The lowest BCUT2D eigenvalue weighted by Gasteiger charge is -2.28. The van der Waals surface area contributed by atoms with E-state index in [0.717, 1.165) is 49.3 Å². The summed E-state index contributed by atoms with van der Waals surface area (Å²) in [6.07, 6.45) is 4.78. The van der Waals surface area contributed by atoms with Crippen LogP contribution in [0.2, 0.25) is 0 Å². The minimum absolute atomic E-state index is 0.00221. The number of nitro benzene ring substituents is 1. The maximum absolute atomic E-state index is 12.6. The molecule has 8 heteroatoms. The summed E-state index contributed by atoms with van der Waals surface area (Å²) in [6.45, 7) is 5.74. The van der Waals surface area contributed by atoms with Crippen LogP contribution in [0.4, 0.5) is 11.4 Å². The van der Waals surface area contributed by atoms with Crippen LogP contribution >= 0.6 is 0 Å². The van der Waals surface area contributed by atoms with Gasteiger partial charge in [-0.25, -0.2) is 0 Å². The molecule has 4 rings (SSSR count). The molecule has 1 saturated heterocycles. The number of piperidine rings is 1. The number of rotatable bonds is 7. The van der Waals surface area contributed by atoms with Crippen molar-refractivity contribution in [3.8, 4) is 11.8 Å². The van der Waals surface area contributed by atoms with Crippen LogP contribution in [0.3, 0.4) is 0 Å². The molecule has 0 unspecified atom stereocenters. The molecule has 1 aliphatic heterocycles. The second-order valence-corrected chi connectivity index (χ2v) is 8.98. The summed E-state index contributed by atoms with van der Waals surface area (Å²) < 4.78 is 1.91. The number of nitrogens with zero attached hydrogens (tertiary/aromatic N) is 4. The standard InChI is InChI=1S/C28H29N5O3/c1-20-15-23(16-24(18-29)28(34)30-19-22-9-5-3-6-10-22)21(2)32(20)25-11-12-26(27(17-25)33(35)36)31-13-7-4-8-14-31/h3,5-6,9-12,15-17H,4,7-8,13-14,19H2,1-2H3,(H,30,34)/b24-16+. The number of hydrogen-bond acceptors (Lipinski definition) is 5. The van der Waals surface area contributed by atoms with Crippen LogP contribution in [0.1, 0.15) is 41.8 Å². The summed E-state index contributed by atoms with van der Waals surface area (Å²) in [5.41, 5.74) is 4.68. The Kier molecular flexibility index (Phi) is 7.50. The third-order valence-electron chi connectivity index (χ3n) is 6.54. The molecule has 3 aromatic rings. The molecule has 0 aliphatic carbocycles. The number of carbonyl (C=O) groups excluding carboxylic acids is 1. The smallest absolute Gasteiger partial charge is 0.294 e. The lowest BCUT2D eigenvalue weighted by Crippen LogP contribution is -2.30. The largest absolute Gasteiger partial charge is 0.366 e. The molecule has 2 heterocycles. The molecule has 0 atom stereocenters. The Bertz CT molecular complexity index is 1350. The van der Waals surface area contributed by atoms with Crippen LogP contribution in [0, 0.1) is 35.3 Å². The van der Waals surface area contributed by atoms with E-state index in [9.17, 15) is 20.2 Å². The van der Waals surface area contributed by atoms with Crippen LogP contribution in [0.25, 0.3) is 11.8 Å². The average molecular weight is 484 g/mol. The highest BCUT2D eigenvalue weighted by molar-refractivity contribution is 6.01. The van der Waals surface area contributed by atoms with E-state index in [1.165, 1.54) is 0 Å². The summed E-state index contributed by atoms with van der Waals surface area (Å²) in [7, 11) is 0. The number of anilines is 1. The van der Waals surface area contributed by atoms with Gasteiger partial charge in [0.15, 0.2) is 0 Å². The van der Waals surface area contributed by atoms with Crippen molar-refractivity contribution in [3.63, 3.8) is 0 Å². The first kappa shape index (κ1) is 24.7. The van der Waals surface area contributed by atoms with Crippen molar-refractivity contribution in [2.75, 3.05) is 18.0 Å². The summed E-state index contributed by atoms with van der Waals surface area (Å²) >= 11 is 0. The fraction of sp³-hybridized carbons (Fsp3) is 0.286. The van der Waals surface area contributed by atoms with Crippen LogP contribution in [0.5, 0.6) is 0 Å². The van der Waals surface area contributed by atoms with Crippen molar-refractivity contribution < 1.29 is 9.72 Å². The molecule has 1 fully saturated rings. The maximum atomic E-state index is 12.6. The normalized spacial score (nSPS) is 13.8. The summed E-state index contributed by atoms with van der Waals surface area (Å²) in [4.78, 5) is 26.3. The molecule has 0 radical (unpaired) electrons. The summed E-state index contributed by atoms with van der Waals surface area (Å²) in [5.74, 6) is -0.451. The van der Waals surface area contributed by atoms with Gasteiger partial charge in [0.2, 0.25) is 0 Å². The Balaban J connectivity index is 1.62. The van der Waals surface area contributed by atoms with E-state index in [1.807, 2.05) is 73.0 Å². The van der Waals surface area contributed by atoms with Crippen molar-refractivity contribution in [2.24, 2.45) is 0 Å². The topological polar surface area (TPSA) is 104 Å². The fourth-order valence-corrected chi connectivity index (χ4v) is 4.71. The van der Waals surface area contributed by atoms with Crippen molar-refractivity contribution in [2.45, 2.75) is 39.7 Å². The van der Waals surface area contributed by atoms with Crippen molar-refractivity contribution in [1.82, 2.24) is 9.88 Å². The Morgan fingerprint density at radius 1 is 1.11 bits per heavy atom. The van der Waals surface area contributed by atoms with E-state index in [4.69, 9.17) is 0 Å². The second kappa shape index (κ2) is 10.9. The molecule has 36 heavy (non-hydrogen) atoms. The fourth-order valence-electron chi connectivity index (χ4n) is 4.71. The van der Waals surface area contributed by atoms with Gasteiger partial charge in [0.1, 0.15) is 17.3 Å². The number of aryl methyl sites for hydroxylation is 1. The molecule has 184 valence electrons. The molecule has 0 saturated carbocycles. The van der Waals surface area contributed by atoms with Crippen LogP contribution in [-0.4, -0.2) is 28.5 Å². The van der Waals surface area contributed by atoms with Gasteiger partial charge in [-0.1, -0.05) is 30.3 Å². The van der Waals surface area contributed by atoms with Gasteiger partial charge in [-0.05, 0) is 68.5 Å². The van der Waals surface area contributed by atoms with E-state index < -0.39 is 5.91 Å². The maximum Gasteiger partial charge on any atom is 0.294 e. The predicted octanol–water partition coefficient (Wildman–Crippen LogP) is 5.22. The molecular weight excluding hydrogens is 454 g/mol. The molecule has 1 aliphatic rings. The van der Waals surface area contributed by atoms with E-state index in [1.54, 1.807) is 12.1 Å². The number of nitrogens with one attached hydrogen (secondary N) is 1. The molecule has 1 amide bonds. The van der Waals surface area contributed by atoms with Crippen molar-refractivity contribution in [3.05, 3.63) is 92.8 Å². The third kappa shape index (κ3) is 5.31. The van der Waals surface area contributed by atoms with E-state index in [0.29, 0.717) is 23.5 Å². The van der Waals surface area contributed by atoms with Crippen molar-refractivity contribution in [1.29, 1.82) is 5.26 Å². The molecule has 1 N–H and O–H groups in total. The van der Waals surface area contributed by atoms with Gasteiger partial charge in [-0.15, -0.1) is 0 Å². The number of amides is 1. The minimum Gasteiger partial charge on any atom is -0.366 e. The average Bonchev–Trinajstić information content (AvgIpc) is 3.18. The van der Waals surface area contributed by atoms with Gasteiger partial charge >= 0.3 is 0 Å². The van der Waals surface area contributed by atoms with E-state index >= 15 is 0 Å². The van der Waals surface area contributed by atoms with Gasteiger partial charge in [0.25, 0.3) is 11.6 Å². The number of benzene rings is 2. The first-order valence-corrected chi connectivity index (χ1v) is 12.1. The number of nitriles is 1. The van der Waals surface area contributed by atoms with Crippen LogP contribution in [-0.2, 0) is 11.3 Å². The highest BCUT2D eigenvalue weighted by Gasteiger charge is 2.23. The lowest BCUT2D eigenvalue weighted by atomic mass is 10.1. The Hall–Kier alpha value is -4.38. The zero-order chi connectivity index (χ0) is 25.7. The monoisotopic (exact) mass is 483 g/mol. The second-order valence-electron chi connectivity index (χ2n) is 8.98. The number of aromatic nitrogens is 1. The van der Waals surface area contributed by atoms with Crippen LogP contribution < -0.4 is 10.2 Å². The molecule has 8 nitrogen and oxygen atoms in total. The van der Waals surface area contributed by atoms with Gasteiger partial charge in [-0.3, -0.25) is 14.9 Å². The van der Waals surface area contributed by atoms with Crippen molar-refractivity contribution >= 4 is 23.4 Å². The SMILES string of the molecule is Cc1cc(/C=C(\C#N)C(=O)NCc2ccccc2)c(C)n1-c1ccc(N2CCCCC2)c([N+](=O)[O-])c1. The number of nitro groups is 1. The number of hydrogen-bond donors (Lipinski definition) is 1. The quantitative estimate of drug-likeness (QED) is 0.215.